The first kappa shape index (κ1) is 55.0. The number of esters is 2. The smallest absolute Gasteiger partial charge is 0.362 e. The first-order valence-corrected chi connectivity index (χ1v) is 23.4. The van der Waals surface area contributed by atoms with E-state index in [0.717, 1.165) is 77.0 Å². The minimum Gasteiger partial charge on any atom is -0.477 e. The second-order valence-corrected chi connectivity index (χ2v) is 16.7. The Labute approximate surface area is 356 Å². The van der Waals surface area contributed by atoms with Crippen molar-refractivity contribution in [1.82, 2.24) is 0 Å². The highest BCUT2D eigenvalue weighted by atomic mass is 16.6. The molecule has 2 atom stereocenters. The first-order valence-electron chi connectivity index (χ1n) is 23.4. The van der Waals surface area contributed by atoms with Gasteiger partial charge < -0.3 is 23.8 Å². The fourth-order valence-corrected chi connectivity index (χ4v) is 6.55. The van der Waals surface area contributed by atoms with E-state index < -0.39 is 18.1 Å². The van der Waals surface area contributed by atoms with Gasteiger partial charge in [-0.25, -0.2) is 4.79 Å². The second-order valence-electron chi connectivity index (χ2n) is 16.7. The lowest BCUT2D eigenvalue weighted by Gasteiger charge is -2.31. The maximum absolute atomic E-state index is 12.7. The Morgan fingerprint density at radius 3 is 1.36 bits per heavy atom. The third-order valence-electron chi connectivity index (χ3n) is 10.2. The van der Waals surface area contributed by atoms with E-state index in [1.165, 1.54) is 77.0 Å². The van der Waals surface area contributed by atoms with Gasteiger partial charge >= 0.3 is 17.9 Å². The predicted molar refractivity (Wildman–Crippen MR) is 243 cm³/mol. The van der Waals surface area contributed by atoms with E-state index in [1.807, 2.05) is 21.1 Å². The molecule has 0 spiro atoms. The van der Waals surface area contributed by atoms with Crippen molar-refractivity contribution in [1.29, 1.82) is 0 Å². The van der Waals surface area contributed by atoms with Crippen molar-refractivity contribution in [2.24, 2.45) is 0 Å². The number of allylic oxidation sites excluding steroid dienone is 10. The van der Waals surface area contributed by atoms with Crippen LogP contribution >= 0.6 is 0 Å². The number of rotatable bonds is 41. The summed E-state index contributed by atoms with van der Waals surface area (Å²) >= 11 is 0. The average Bonchev–Trinajstić information content (AvgIpc) is 3.18. The Morgan fingerprint density at radius 1 is 0.517 bits per heavy atom. The second kappa shape index (κ2) is 40.8. The molecule has 2 unspecified atom stereocenters. The number of hydrogen-bond donors (Lipinski definition) is 1. The van der Waals surface area contributed by atoms with Crippen molar-refractivity contribution in [3.8, 4) is 0 Å². The number of carboxylic acids is 1. The molecule has 8 heteroatoms. The van der Waals surface area contributed by atoms with E-state index in [-0.39, 0.29) is 42.7 Å². The zero-order chi connectivity index (χ0) is 42.8. The first-order chi connectivity index (χ1) is 28.1. The van der Waals surface area contributed by atoms with Gasteiger partial charge in [-0.1, -0.05) is 164 Å². The standard InChI is InChI=1S/C50H87NO7/c1-6-8-10-12-14-16-18-20-22-24-25-27-28-30-32-34-36-38-40-48(52)57-45-46(44-56-43-42-47(50(54)55)51(3,4)5)58-49(53)41-39-37-35-33-31-29-26-23-21-19-17-15-13-11-9-7-2/h18,20,22-27,29,31,46-47H,6-17,19,21,28,30,32-45H2,1-5H3/p+1/b20-18+,24-22+,26-23+,27-25+,31-29+. The molecule has 0 rings (SSSR count). The third-order valence-corrected chi connectivity index (χ3v) is 10.2. The van der Waals surface area contributed by atoms with Crippen LogP contribution in [-0.2, 0) is 28.6 Å². The SMILES string of the molecule is CCCCCCC/C=C/C=C/C=C/CCCCCCCC(=O)OCC(COCCC(C(=O)O)[N+](C)(C)C)OC(=O)CCCCC/C=C/C=C/CCCCCCCCC. The molecule has 1 N–H and O–H groups in total. The fraction of sp³-hybridized carbons (Fsp3) is 0.740. The van der Waals surface area contributed by atoms with E-state index in [1.54, 1.807) is 0 Å². The summed E-state index contributed by atoms with van der Waals surface area (Å²) in [4.78, 5) is 37.0. The zero-order valence-electron chi connectivity index (χ0n) is 38.0. The Bertz CT molecular complexity index is 1130. The lowest BCUT2D eigenvalue weighted by Crippen LogP contribution is -2.50. The molecule has 0 aliphatic heterocycles. The number of ether oxygens (including phenoxy) is 3. The number of unbranched alkanes of at least 4 members (excludes halogenated alkanes) is 20. The van der Waals surface area contributed by atoms with E-state index in [2.05, 4.69) is 74.6 Å². The van der Waals surface area contributed by atoms with Gasteiger partial charge in [0.25, 0.3) is 0 Å². The van der Waals surface area contributed by atoms with Gasteiger partial charge in [-0.3, -0.25) is 9.59 Å². The topological polar surface area (TPSA) is 99.1 Å². The molecule has 0 saturated heterocycles. The molecule has 334 valence electrons. The van der Waals surface area contributed by atoms with Crippen LogP contribution in [-0.4, -0.2) is 80.6 Å². The molecule has 0 saturated carbocycles. The van der Waals surface area contributed by atoms with Crippen LogP contribution in [0.3, 0.4) is 0 Å². The molecular weight excluding hydrogens is 727 g/mol. The van der Waals surface area contributed by atoms with Gasteiger partial charge in [0.05, 0.1) is 34.4 Å². The van der Waals surface area contributed by atoms with Crippen molar-refractivity contribution < 1.29 is 38.2 Å². The van der Waals surface area contributed by atoms with Gasteiger partial charge in [0.15, 0.2) is 12.1 Å². The van der Waals surface area contributed by atoms with Crippen molar-refractivity contribution in [3.63, 3.8) is 0 Å². The summed E-state index contributed by atoms with van der Waals surface area (Å²) in [6.07, 6.45) is 49.8. The minimum absolute atomic E-state index is 0.0416. The van der Waals surface area contributed by atoms with Crippen molar-refractivity contribution in [2.45, 2.75) is 199 Å². The Hall–Kier alpha value is -2.97. The molecule has 0 aromatic rings. The molecule has 58 heavy (non-hydrogen) atoms. The van der Waals surface area contributed by atoms with Crippen molar-refractivity contribution >= 4 is 17.9 Å². The van der Waals surface area contributed by atoms with Gasteiger partial charge in [-0.2, -0.15) is 0 Å². The van der Waals surface area contributed by atoms with E-state index in [0.29, 0.717) is 12.8 Å². The zero-order valence-corrected chi connectivity index (χ0v) is 38.0. The number of likely N-dealkylation sites (N-methyl/N-ethyl adjacent to an activating group) is 1. The van der Waals surface area contributed by atoms with Crippen LogP contribution in [0, 0.1) is 0 Å². The van der Waals surface area contributed by atoms with E-state index >= 15 is 0 Å². The highest BCUT2D eigenvalue weighted by Gasteiger charge is 2.31. The summed E-state index contributed by atoms with van der Waals surface area (Å²) in [5.74, 6) is -1.53. The normalized spacial score (nSPS) is 13.5. The van der Waals surface area contributed by atoms with Crippen LogP contribution in [0.2, 0.25) is 0 Å². The lowest BCUT2D eigenvalue weighted by atomic mass is 10.1. The highest BCUT2D eigenvalue weighted by molar-refractivity contribution is 5.72. The van der Waals surface area contributed by atoms with Crippen LogP contribution in [0.15, 0.2) is 60.8 Å². The number of hydrogen-bond acceptors (Lipinski definition) is 6. The molecule has 0 aromatic heterocycles. The largest absolute Gasteiger partial charge is 0.477 e. The lowest BCUT2D eigenvalue weighted by molar-refractivity contribution is -0.887. The maximum Gasteiger partial charge on any atom is 0.362 e. The molecular formula is C50H88NO7+. The van der Waals surface area contributed by atoms with Crippen molar-refractivity contribution in [2.75, 3.05) is 41.0 Å². The number of carbonyl (C=O) groups is 3. The summed E-state index contributed by atoms with van der Waals surface area (Å²) in [5.41, 5.74) is 0. The molecule has 0 radical (unpaired) electrons. The molecule has 8 nitrogen and oxygen atoms in total. The quantitative estimate of drug-likeness (QED) is 0.0284. The van der Waals surface area contributed by atoms with Crippen LogP contribution in [0.5, 0.6) is 0 Å². The van der Waals surface area contributed by atoms with Gasteiger partial charge in [-0.05, 0) is 64.2 Å². The summed E-state index contributed by atoms with van der Waals surface area (Å²) in [6, 6.07) is -0.625. The number of carbonyl (C=O) groups excluding carboxylic acids is 2. The number of quaternary nitrogens is 1. The van der Waals surface area contributed by atoms with Crippen LogP contribution < -0.4 is 0 Å². The number of nitrogens with zero attached hydrogens (tertiary/aromatic N) is 1. The Kier molecular flexibility index (Phi) is 38.7. The third kappa shape index (κ3) is 38.5. The maximum atomic E-state index is 12.7. The molecule has 0 amide bonds. The van der Waals surface area contributed by atoms with E-state index in [4.69, 9.17) is 14.2 Å². The van der Waals surface area contributed by atoms with Gasteiger partial charge in [0, 0.05) is 19.3 Å². The predicted octanol–water partition coefficient (Wildman–Crippen LogP) is 13.0. The van der Waals surface area contributed by atoms with Crippen LogP contribution in [0.25, 0.3) is 0 Å². The van der Waals surface area contributed by atoms with Gasteiger partial charge in [0.1, 0.15) is 6.61 Å². The van der Waals surface area contributed by atoms with Gasteiger partial charge in [0.2, 0.25) is 0 Å². The molecule has 0 aromatic carbocycles. The molecule has 0 heterocycles. The monoisotopic (exact) mass is 815 g/mol. The highest BCUT2D eigenvalue weighted by Crippen LogP contribution is 2.13. The Balaban J connectivity index is 4.41. The fourth-order valence-electron chi connectivity index (χ4n) is 6.55. The molecule has 0 fully saturated rings. The summed E-state index contributed by atoms with van der Waals surface area (Å²) < 4.78 is 17.3. The minimum atomic E-state index is -0.884. The van der Waals surface area contributed by atoms with Crippen molar-refractivity contribution in [3.05, 3.63) is 60.8 Å². The Morgan fingerprint density at radius 2 is 0.914 bits per heavy atom. The molecule has 0 aliphatic carbocycles. The summed E-state index contributed by atoms with van der Waals surface area (Å²) in [5, 5.41) is 9.63. The average molecular weight is 815 g/mol. The van der Waals surface area contributed by atoms with Crippen LogP contribution in [0.4, 0.5) is 0 Å². The number of carboxylic acid groups (broad SMARTS) is 1. The van der Waals surface area contributed by atoms with Gasteiger partial charge in [-0.15, -0.1) is 0 Å². The van der Waals surface area contributed by atoms with Crippen LogP contribution in [0.1, 0.15) is 187 Å². The van der Waals surface area contributed by atoms with E-state index in [9.17, 15) is 19.5 Å². The molecule has 0 aliphatic rings. The summed E-state index contributed by atoms with van der Waals surface area (Å²) in [7, 11) is 5.51. The summed E-state index contributed by atoms with van der Waals surface area (Å²) in [6.45, 7) is 4.66. The molecule has 0 bridgehead atoms. The number of aliphatic carboxylic acids is 1.